The Bertz CT molecular complexity index is 408. The van der Waals surface area contributed by atoms with E-state index in [9.17, 15) is 4.39 Å². The minimum atomic E-state index is -0.236. The standard InChI is InChI=1S/C14H20BrFN2/c1-14(2,3)12-6-4-5-7-18(12)13-10(15)8-17-9-11(13)16/h8-9,12H,4-7H2,1-3H3. The van der Waals surface area contributed by atoms with Crippen LogP contribution in [0.5, 0.6) is 0 Å². The lowest BCUT2D eigenvalue weighted by molar-refractivity contribution is 0.260. The lowest BCUT2D eigenvalue weighted by Crippen LogP contribution is -2.47. The van der Waals surface area contributed by atoms with Crippen molar-refractivity contribution < 1.29 is 4.39 Å². The molecule has 1 fully saturated rings. The summed E-state index contributed by atoms with van der Waals surface area (Å²) in [6, 6.07) is 0.374. The van der Waals surface area contributed by atoms with Crippen LogP contribution in [-0.4, -0.2) is 17.6 Å². The minimum Gasteiger partial charge on any atom is -0.365 e. The first kappa shape index (κ1) is 13.8. The molecule has 0 spiro atoms. The number of halogens is 2. The molecule has 2 heterocycles. The van der Waals surface area contributed by atoms with E-state index in [4.69, 9.17) is 0 Å². The zero-order valence-corrected chi connectivity index (χ0v) is 12.8. The van der Waals surface area contributed by atoms with E-state index in [1.54, 1.807) is 6.20 Å². The van der Waals surface area contributed by atoms with Gasteiger partial charge in [0.25, 0.3) is 0 Å². The van der Waals surface area contributed by atoms with Crippen molar-refractivity contribution in [3.8, 4) is 0 Å². The van der Waals surface area contributed by atoms with E-state index in [-0.39, 0.29) is 11.2 Å². The zero-order valence-electron chi connectivity index (χ0n) is 11.2. The Labute approximate surface area is 117 Å². The molecule has 1 atom stereocenters. The van der Waals surface area contributed by atoms with Crippen molar-refractivity contribution >= 4 is 21.6 Å². The molecular formula is C14H20BrFN2. The van der Waals surface area contributed by atoms with Gasteiger partial charge in [0.2, 0.25) is 0 Å². The van der Waals surface area contributed by atoms with Gasteiger partial charge in [0.15, 0.2) is 5.82 Å². The Morgan fingerprint density at radius 2 is 2.06 bits per heavy atom. The minimum absolute atomic E-state index is 0.148. The van der Waals surface area contributed by atoms with Crippen LogP contribution >= 0.6 is 15.9 Å². The van der Waals surface area contributed by atoms with Gasteiger partial charge in [-0.1, -0.05) is 20.8 Å². The number of anilines is 1. The molecule has 0 saturated carbocycles. The second-order valence-electron chi connectivity index (χ2n) is 6.02. The molecule has 0 aliphatic carbocycles. The lowest BCUT2D eigenvalue weighted by atomic mass is 9.80. The summed E-state index contributed by atoms with van der Waals surface area (Å²) in [4.78, 5) is 6.09. The Morgan fingerprint density at radius 1 is 1.33 bits per heavy atom. The topological polar surface area (TPSA) is 16.1 Å². The second kappa shape index (κ2) is 5.16. The van der Waals surface area contributed by atoms with Crippen LogP contribution in [0.3, 0.4) is 0 Å². The fourth-order valence-corrected chi connectivity index (χ4v) is 3.31. The molecule has 100 valence electrons. The molecule has 1 saturated heterocycles. The zero-order chi connectivity index (χ0) is 13.3. The average molecular weight is 315 g/mol. The fraction of sp³-hybridized carbons (Fsp3) is 0.643. The first-order valence-corrected chi connectivity index (χ1v) is 7.26. The summed E-state index contributed by atoms with van der Waals surface area (Å²) in [5, 5.41) is 0. The van der Waals surface area contributed by atoms with Gasteiger partial charge >= 0.3 is 0 Å². The van der Waals surface area contributed by atoms with Crippen molar-refractivity contribution in [3.05, 3.63) is 22.7 Å². The molecule has 4 heteroatoms. The van der Waals surface area contributed by atoms with Gasteiger partial charge in [0, 0.05) is 18.8 Å². The molecule has 0 aromatic carbocycles. The molecule has 18 heavy (non-hydrogen) atoms. The number of nitrogens with zero attached hydrogens (tertiary/aromatic N) is 2. The van der Waals surface area contributed by atoms with E-state index >= 15 is 0 Å². The quantitative estimate of drug-likeness (QED) is 0.764. The molecule has 2 rings (SSSR count). The van der Waals surface area contributed by atoms with Gasteiger partial charge in [-0.3, -0.25) is 4.98 Å². The van der Waals surface area contributed by atoms with Crippen LogP contribution in [0, 0.1) is 11.2 Å². The highest BCUT2D eigenvalue weighted by atomic mass is 79.9. The molecule has 1 aliphatic heterocycles. The maximum Gasteiger partial charge on any atom is 0.165 e. The van der Waals surface area contributed by atoms with Crippen LogP contribution in [-0.2, 0) is 0 Å². The predicted octanol–water partition coefficient (Wildman–Crippen LogP) is 4.39. The Kier molecular flexibility index (Phi) is 3.95. The SMILES string of the molecule is CC(C)(C)C1CCCCN1c1c(F)cncc1Br. The summed E-state index contributed by atoms with van der Waals surface area (Å²) in [5.41, 5.74) is 0.819. The van der Waals surface area contributed by atoms with Crippen LogP contribution in [0.4, 0.5) is 10.1 Å². The lowest BCUT2D eigenvalue weighted by Gasteiger charge is -2.45. The van der Waals surface area contributed by atoms with Gasteiger partial charge in [0.1, 0.15) is 0 Å². The number of rotatable bonds is 1. The van der Waals surface area contributed by atoms with Crippen LogP contribution in [0.15, 0.2) is 16.9 Å². The summed E-state index contributed by atoms with van der Waals surface area (Å²) >= 11 is 3.43. The third-order valence-corrected chi connectivity index (χ3v) is 4.20. The number of piperidine rings is 1. The normalized spacial score (nSPS) is 21.2. The van der Waals surface area contributed by atoms with Gasteiger partial charge in [-0.25, -0.2) is 4.39 Å². The van der Waals surface area contributed by atoms with E-state index < -0.39 is 0 Å². The van der Waals surface area contributed by atoms with Crippen molar-refractivity contribution in [2.24, 2.45) is 5.41 Å². The highest BCUT2D eigenvalue weighted by Crippen LogP contribution is 2.38. The maximum atomic E-state index is 14.1. The summed E-state index contributed by atoms with van der Waals surface area (Å²) in [6.45, 7) is 7.59. The summed E-state index contributed by atoms with van der Waals surface area (Å²) in [6.07, 6.45) is 6.45. The van der Waals surface area contributed by atoms with E-state index in [1.807, 2.05) is 0 Å². The van der Waals surface area contributed by atoms with E-state index in [0.29, 0.717) is 11.7 Å². The van der Waals surface area contributed by atoms with E-state index in [0.717, 1.165) is 23.9 Å². The van der Waals surface area contributed by atoms with Crippen LogP contribution in [0.1, 0.15) is 40.0 Å². The third-order valence-electron chi connectivity index (χ3n) is 3.62. The Morgan fingerprint density at radius 3 is 2.67 bits per heavy atom. The molecule has 1 aromatic rings. The smallest absolute Gasteiger partial charge is 0.165 e. The summed E-state index contributed by atoms with van der Waals surface area (Å²) in [7, 11) is 0. The van der Waals surface area contributed by atoms with Crippen LogP contribution in [0.25, 0.3) is 0 Å². The molecule has 1 aromatic heterocycles. The van der Waals surface area contributed by atoms with Crippen molar-refractivity contribution in [2.45, 2.75) is 46.1 Å². The van der Waals surface area contributed by atoms with Gasteiger partial charge < -0.3 is 4.90 Å². The van der Waals surface area contributed by atoms with E-state index in [2.05, 4.69) is 46.6 Å². The van der Waals surface area contributed by atoms with Crippen molar-refractivity contribution in [1.29, 1.82) is 0 Å². The highest BCUT2D eigenvalue weighted by Gasteiger charge is 2.34. The molecule has 0 amide bonds. The summed E-state index contributed by atoms with van der Waals surface area (Å²) < 4.78 is 14.8. The molecular weight excluding hydrogens is 295 g/mol. The average Bonchev–Trinajstić information content (AvgIpc) is 2.28. The van der Waals surface area contributed by atoms with Crippen molar-refractivity contribution in [3.63, 3.8) is 0 Å². The van der Waals surface area contributed by atoms with Gasteiger partial charge in [-0.2, -0.15) is 0 Å². The van der Waals surface area contributed by atoms with Crippen molar-refractivity contribution in [1.82, 2.24) is 4.98 Å². The molecule has 0 N–H and O–H groups in total. The molecule has 0 bridgehead atoms. The fourth-order valence-electron chi connectivity index (χ4n) is 2.78. The first-order valence-electron chi connectivity index (χ1n) is 6.47. The van der Waals surface area contributed by atoms with Crippen LogP contribution in [0.2, 0.25) is 0 Å². The number of hydrogen-bond donors (Lipinski definition) is 0. The Balaban J connectivity index is 2.40. The van der Waals surface area contributed by atoms with Crippen molar-refractivity contribution in [2.75, 3.05) is 11.4 Å². The molecule has 0 radical (unpaired) electrons. The monoisotopic (exact) mass is 314 g/mol. The second-order valence-corrected chi connectivity index (χ2v) is 6.88. The maximum absolute atomic E-state index is 14.1. The van der Waals surface area contributed by atoms with Gasteiger partial charge in [-0.05, 0) is 40.6 Å². The Hall–Kier alpha value is -0.640. The number of hydrogen-bond acceptors (Lipinski definition) is 2. The van der Waals surface area contributed by atoms with Gasteiger partial charge in [0.05, 0.1) is 16.4 Å². The molecule has 1 unspecified atom stereocenters. The first-order chi connectivity index (χ1) is 8.41. The third kappa shape index (κ3) is 2.68. The number of pyridine rings is 1. The predicted molar refractivity (Wildman–Crippen MR) is 76.3 cm³/mol. The number of aromatic nitrogens is 1. The highest BCUT2D eigenvalue weighted by molar-refractivity contribution is 9.10. The summed E-state index contributed by atoms with van der Waals surface area (Å²) in [5.74, 6) is -0.236. The molecule has 1 aliphatic rings. The molecule has 2 nitrogen and oxygen atoms in total. The largest absolute Gasteiger partial charge is 0.365 e. The van der Waals surface area contributed by atoms with Gasteiger partial charge in [-0.15, -0.1) is 0 Å². The van der Waals surface area contributed by atoms with E-state index in [1.165, 1.54) is 12.6 Å². The van der Waals surface area contributed by atoms with Crippen LogP contribution < -0.4 is 4.90 Å².